The van der Waals surface area contributed by atoms with Crippen LogP contribution >= 0.6 is 11.3 Å². The lowest BCUT2D eigenvalue weighted by molar-refractivity contribution is -0.137. The molecule has 168 valence electrons. The van der Waals surface area contributed by atoms with Crippen LogP contribution in [0.1, 0.15) is 34.8 Å². The Morgan fingerprint density at radius 1 is 1.13 bits per heavy atom. The van der Waals surface area contributed by atoms with E-state index in [2.05, 4.69) is 10.3 Å². The summed E-state index contributed by atoms with van der Waals surface area (Å²) in [6, 6.07) is 4.86. The van der Waals surface area contributed by atoms with Gasteiger partial charge in [-0.05, 0) is 32.9 Å². The van der Waals surface area contributed by atoms with Crippen LogP contribution in [0.4, 0.5) is 13.2 Å². The summed E-state index contributed by atoms with van der Waals surface area (Å²) < 4.78 is 38.3. The molecule has 0 radical (unpaired) electrons. The summed E-state index contributed by atoms with van der Waals surface area (Å²) in [5, 5.41) is 3.37. The topological polar surface area (TPSA) is 65.5 Å². The predicted molar refractivity (Wildman–Crippen MR) is 113 cm³/mol. The van der Waals surface area contributed by atoms with Crippen LogP contribution in [0.25, 0.3) is 10.6 Å². The number of aromatic nitrogens is 1. The molecule has 1 saturated heterocycles. The number of nitrogens with zero attached hydrogens (tertiary/aromatic N) is 3. The van der Waals surface area contributed by atoms with Crippen LogP contribution in [0, 0.1) is 6.92 Å². The molecule has 0 aliphatic carbocycles. The molecule has 1 aliphatic rings. The molecule has 2 aromatic rings. The molecular weight excluding hydrogens is 429 g/mol. The number of piperazine rings is 1. The fourth-order valence-electron chi connectivity index (χ4n) is 3.34. The number of alkyl halides is 3. The summed E-state index contributed by atoms with van der Waals surface area (Å²) in [5.41, 5.74) is 0.380. The van der Waals surface area contributed by atoms with Crippen molar-refractivity contribution in [3.05, 3.63) is 40.4 Å². The first-order valence-electron chi connectivity index (χ1n) is 10.0. The molecule has 0 atom stereocenters. The van der Waals surface area contributed by atoms with Gasteiger partial charge in [-0.3, -0.25) is 14.5 Å². The molecule has 3 rings (SSSR count). The van der Waals surface area contributed by atoms with Crippen LogP contribution in [0.5, 0.6) is 0 Å². The van der Waals surface area contributed by atoms with Gasteiger partial charge in [0.15, 0.2) is 0 Å². The van der Waals surface area contributed by atoms with E-state index < -0.39 is 11.7 Å². The van der Waals surface area contributed by atoms with E-state index in [-0.39, 0.29) is 17.9 Å². The highest BCUT2D eigenvalue weighted by atomic mass is 32.1. The molecule has 2 amide bonds. The Bertz CT molecular complexity index is 933. The third-order valence-electron chi connectivity index (χ3n) is 4.93. The number of benzene rings is 1. The van der Waals surface area contributed by atoms with Gasteiger partial charge in [-0.25, -0.2) is 4.98 Å². The summed E-state index contributed by atoms with van der Waals surface area (Å²) in [7, 11) is 0. The van der Waals surface area contributed by atoms with Crippen LogP contribution in [-0.4, -0.2) is 65.4 Å². The average Bonchev–Trinajstić information content (AvgIpc) is 3.08. The van der Waals surface area contributed by atoms with Crippen molar-refractivity contribution in [3.63, 3.8) is 0 Å². The molecule has 1 fully saturated rings. The first-order chi connectivity index (χ1) is 14.5. The van der Waals surface area contributed by atoms with E-state index in [1.54, 1.807) is 11.8 Å². The molecule has 0 bridgehead atoms. The van der Waals surface area contributed by atoms with Crippen molar-refractivity contribution in [2.45, 2.75) is 33.0 Å². The lowest BCUT2D eigenvalue weighted by Gasteiger charge is -2.34. The highest BCUT2D eigenvalue weighted by Crippen LogP contribution is 2.33. The highest BCUT2D eigenvalue weighted by molar-refractivity contribution is 7.17. The van der Waals surface area contributed by atoms with Crippen molar-refractivity contribution in [3.8, 4) is 10.6 Å². The first-order valence-corrected chi connectivity index (χ1v) is 10.8. The lowest BCUT2D eigenvalue weighted by Crippen LogP contribution is -2.51. The zero-order valence-corrected chi connectivity index (χ0v) is 18.4. The average molecular weight is 455 g/mol. The molecule has 6 nitrogen and oxygen atoms in total. The molecule has 1 N–H and O–H groups in total. The number of thiazole rings is 1. The van der Waals surface area contributed by atoms with Gasteiger partial charge < -0.3 is 10.2 Å². The summed E-state index contributed by atoms with van der Waals surface area (Å²) in [5.74, 6) is -0.172. The van der Waals surface area contributed by atoms with E-state index in [0.717, 1.165) is 12.1 Å². The summed E-state index contributed by atoms with van der Waals surface area (Å²) >= 11 is 1.18. The Morgan fingerprint density at radius 2 is 1.74 bits per heavy atom. The van der Waals surface area contributed by atoms with Crippen molar-refractivity contribution in [1.82, 2.24) is 20.1 Å². The molecule has 2 heterocycles. The van der Waals surface area contributed by atoms with Gasteiger partial charge in [0.2, 0.25) is 5.91 Å². The number of amides is 2. The number of hydrogen-bond donors (Lipinski definition) is 1. The second-order valence-corrected chi connectivity index (χ2v) is 8.80. The molecule has 1 aromatic heterocycles. The Labute approximate surface area is 183 Å². The minimum Gasteiger partial charge on any atom is -0.353 e. The Balaban J connectivity index is 1.63. The van der Waals surface area contributed by atoms with Crippen LogP contribution in [0.2, 0.25) is 0 Å². The smallest absolute Gasteiger partial charge is 0.353 e. The van der Waals surface area contributed by atoms with Gasteiger partial charge in [0, 0.05) is 37.8 Å². The van der Waals surface area contributed by atoms with Gasteiger partial charge in [0.25, 0.3) is 5.91 Å². The summed E-state index contributed by atoms with van der Waals surface area (Å²) in [4.78, 5) is 33.5. The van der Waals surface area contributed by atoms with Crippen molar-refractivity contribution >= 4 is 23.2 Å². The normalized spacial score (nSPS) is 15.4. The van der Waals surface area contributed by atoms with Crippen LogP contribution < -0.4 is 5.32 Å². The zero-order valence-electron chi connectivity index (χ0n) is 17.6. The van der Waals surface area contributed by atoms with Crippen LogP contribution in [0.15, 0.2) is 24.3 Å². The maximum atomic E-state index is 13.0. The molecular formula is C21H25F3N4O2S. The standard InChI is InChI=1S/C21H25F3N4O2S/c1-13(2)25-17(29)12-27-8-10-28(11-9-27)20(30)18-14(3)26-19(31-18)15-4-6-16(7-5-15)21(22,23)24/h4-7,13H,8-12H2,1-3H3,(H,25,29). The van der Waals surface area contributed by atoms with Crippen molar-refractivity contribution in [2.75, 3.05) is 32.7 Å². The second-order valence-electron chi connectivity index (χ2n) is 7.80. The minimum absolute atomic E-state index is 0.0331. The largest absolute Gasteiger partial charge is 0.416 e. The number of aryl methyl sites for hydroxylation is 1. The summed E-state index contributed by atoms with van der Waals surface area (Å²) in [6.07, 6.45) is -4.39. The number of nitrogens with one attached hydrogen (secondary N) is 1. The van der Waals surface area contributed by atoms with E-state index in [0.29, 0.717) is 53.9 Å². The number of halogens is 3. The van der Waals surface area contributed by atoms with E-state index in [1.165, 1.54) is 23.5 Å². The fraction of sp³-hybridized carbons (Fsp3) is 0.476. The van der Waals surface area contributed by atoms with Gasteiger partial charge in [0.1, 0.15) is 9.88 Å². The fourth-order valence-corrected chi connectivity index (χ4v) is 4.38. The monoisotopic (exact) mass is 454 g/mol. The van der Waals surface area contributed by atoms with Crippen LogP contribution in [0.3, 0.4) is 0 Å². The van der Waals surface area contributed by atoms with Crippen molar-refractivity contribution in [1.29, 1.82) is 0 Å². The Kier molecular flexibility index (Phi) is 7.00. The van der Waals surface area contributed by atoms with Crippen LogP contribution in [-0.2, 0) is 11.0 Å². The van der Waals surface area contributed by atoms with E-state index >= 15 is 0 Å². The molecule has 0 spiro atoms. The maximum Gasteiger partial charge on any atom is 0.416 e. The lowest BCUT2D eigenvalue weighted by atomic mass is 10.1. The number of carbonyl (C=O) groups excluding carboxylic acids is 2. The SMILES string of the molecule is Cc1nc(-c2ccc(C(F)(F)F)cc2)sc1C(=O)N1CCN(CC(=O)NC(C)C)CC1. The third kappa shape index (κ3) is 5.82. The Morgan fingerprint density at radius 3 is 2.29 bits per heavy atom. The highest BCUT2D eigenvalue weighted by Gasteiger charge is 2.30. The molecule has 1 aliphatic heterocycles. The predicted octanol–water partition coefficient (Wildman–Crippen LogP) is 3.42. The maximum absolute atomic E-state index is 13.0. The molecule has 0 unspecified atom stereocenters. The number of rotatable bonds is 5. The zero-order chi connectivity index (χ0) is 22.8. The van der Waals surface area contributed by atoms with Gasteiger partial charge in [-0.15, -0.1) is 11.3 Å². The van der Waals surface area contributed by atoms with Gasteiger partial charge in [-0.1, -0.05) is 12.1 Å². The molecule has 10 heteroatoms. The van der Waals surface area contributed by atoms with E-state index in [1.807, 2.05) is 18.7 Å². The van der Waals surface area contributed by atoms with Crippen molar-refractivity contribution < 1.29 is 22.8 Å². The van der Waals surface area contributed by atoms with Gasteiger partial charge in [-0.2, -0.15) is 13.2 Å². The number of carbonyl (C=O) groups is 2. The molecule has 0 saturated carbocycles. The quantitative estimate of drug-likeness (QED) is 0.752. The first kappa shape index (κ1) is 23.2. The summed E-state index contributed by atoms with van der Waals surface area (Å²) in [6.45, 7) is 8.04. The van der Waals surface area contributed by atoms with E-state index in [4.69, 9.17) is 0 Å². The number of hydrogen-bond acceptors (Lipinski definition) is 5. The Hall–Kier alpha value is -2.46. The third-order valence-corrected chi connectivity index (χ3v) is 6.12. The second kappa shape index (κ2) is 9.35. The van der Waals surface area contributed by atoms with Gasteiger partial charge in [0.05, 0.1) is 17.8 Å². The van der Waals surface area contributed by atoms with Crippen molar-refractivity contribution in [2.24, 2.45) is 0 Å². The van der Waals surface area contributed by atoms with E-state index in [9.17, 15) is 22.8 Å². The minimum atomic E-state index is -4.39. The molecule has 31 heavy (non-hydrogen) atoms. The van der Waals surface area contributed by atoms with Gasteiger partial charge >= 0.3 is 6.18 Å². The molecule has 1 aromatic carbocycles.